The van der Waals surface area contributed by atoms with Gasteiger partial charge in [-0.15, -0.1) is 10.2 Å². The first-order valence-corrected chi connectivity index (χ1v) is 8.50. The lowest BCUT2D eigenvalue weighted by Crippen LogP contribution is -2.13. The lowest BCUT2D eigenvalue weighted by atomic mass is 10.2. The molecule has 3 rings (SSSR count). The molecule has 3 aromatic rings. The Morgan fingerprint density at radius 3 is 2.70 bits per heavy atom. The summed E-state index contributed by atoms with van der Waals surface area (Å²) in [5, 5.41) is 12.0. The smallest absolute Gasteiger partial charge is 0.267 e. The first kappa shape index (κ1) is 16.0. The molecule has 0 aliphatic heterocycles. The van der Waals surface area contributed by atoms with E-state index < -0.39 is 0 Å². The van der Waals surface area contributed by atoms with Crippen molar-refractivity contribution in [1.82, 2.24) is 14.6 Å². The summed E-state index contributed by atoms with van der Waals surface area (Å²) in [6.07, 6.45) is 0. The summed E-state index contributed by atoms with van der Waals surface area (Å²) >= 11 is 7.30. The third-order valence-electron chi connectivity index (χ3n) is 3.68. The van der Waals surface area contributed by atoms with Gasteiger partial charge in [0.05, 0.1) is 0 Å². The summed E-state index contributed by atoms with van der Waals surface area (Å²) in [5.74, 6) is 0.973. The zero-order valence-electron chi connectivity index (χ0n) is 13.3. The molecule has 0 bridgehead atoms. The maximum atomic E-state index is 12.6. The Morgan fingerprint density at radius 1 is 1.30 bits per heavy atom. The molecule has 0 saturated carbocycles. The number of rotatable bonds is 3. The van der Waals surface area contributed by atoms with E-state index in [4.69, 9.17) is 11.6 Å². The Kier molecular flexibility index (Phi) is 4.12. The number of anilines is 1. The van der Waals surface area contributed by atoms with Gasteiger partial charge in [0.15, 0.2) is 0 Å². The summed E-state index contributed by atoms with van der Waals surface area (Å²) in [6.45, 7) is 7.95. The van der Waals surface area contributed by atoms with Crippen molar-refractivity contribution >= 4 is 39.5 Å². The average molecular weight is 349 g/mol. The second-order valence-corrected chi connectivity index (χ2v) is 7.17. The summed E-state index contributed by atoms with van der Waals surface area (Å²) in [5.41, 5.74) is 2.55. The van der Waals surface area contributed by atoms with Crippen LogP contribution in [0.15, 0.2) is 18.2 Å². The van der Waals surface area contributed by atoms with Crippen molar-refractivity contribution in [1.29, 1.82) is 0 Å². The SMILES string of the molecule is Cc1cc(Cl)ccc1NC(=O)c1sc2nnc(C(C)C)n2c1C. The Morgan fingerprint density at radius 2 is 2.04 bits per heavy atom. The van der Waals surface area contributed by atoms with Crippen LogP contribution in [0.3, 0.4) is 0 Å². The van der Waals surface area contributed by atoms with E-state index in [0.29, 0.717) is 9.90 Å². The number of aryl methyl sites for hydroxylation is 2. The molecule has 1 N–H and O–H groups in total. The third-order valence-corrected chi connectivity index (χ3v) is 5.04. The minimum absolute atomic E-state index is 0.141. The molecular weight excluding hydrogens is 332 g/mol. The van der Waals surface area contributed by atoms with Crippen LogP contribution in [0.25, 0.3) is 4.96 Å². The van der Waals surface area contributed by atoms with Gasteiger partial charge in [-0.25, -0.2) is 0 Å². The van der Waals surface area contributed by atoms with Crippen molar-refractivity contribution in [2.45, 2.75) is 33.6 Å². The van der Waals surface area contributed by atoms with E-state index in [0.717, 1.165) is 27.7 Å². The van der Waals surface area contributed by atoms with Gasteiger partial charge in [-0.1, -0.05) is 36.8 Å². The van der Waals surface area contributed by atoms with Gasteiger partial charge < -0.3 is 5.32 Å². The number of amides is 1. The van der Waals surface area contributed by atoms with Crippen LogP contribution in [0.5, 0.6) is 0 Å². The molecule has 0 unspecified atom stereocenters. The number of nitrogens with one attached hydrogen (secondary N) is 1. The summed E-state index contributed by atoms with van der Waals surface area (Å²) < 4.78 is 1.96. The molecule has 0 atom stereocenters. The molecule has 7 heteroatoms. The fourth-order valence-corrected chi connectivity index (χ4v) is 3.66. The van der Waals surface area contributed by atoms with E-state index >= 15 is 0 Å². The van der Waals surface area contributed by atoms with Crippen molar-refractivity contribution in [2.75, 3.05) is 5.32 Å². The molecule has 0 aliphatic carbocycles. The van der Waals surface area contributed by atoms with E-state index in [-0.39, 0.29) is 11.8 Å². The molecular formula is C16H17ClN4OS. The lowest BCUT2D eigenvalue weighted by molar-refractivity contribution is 0.102. The highest BCUT2D eigenvalue weighted by molar-refractivity contribution is 7.19. The van der Waals surface area contributed by atoms with Gasteiger partial charge in [0, 0.05) is 22.3 Å². The molecule has 120 valence electrons. The quantitative estimate of drug-likeness (QED) is 0.761. The van der Waals surface area contributed by atoms with Crippen LogP contribution in [0, 0.1) is 13.8 Å². The maximum Gasteiger partial charge on any atom is 0.267 e. The van der Waals surface area contributed by atoms with Gasteiger partial charge in [-0.05, 0) is 37.6 Å². The second-order valence-electron chi connectivity index (χ2n) is 5.76. The molecule has 23 heavy (non-hydrogen) atoms. The molecule has 0 saturated heterocycles. The highest BCUT2D eigenvalue weighted by Crippen LogP contribution is 2.27. The first-order valence-electron chi connectivity index (χ1n) is 7.30. The molecule has 0 spiro atoms. The van der Waals surface area contributed by atoms with Crippen molar-refractivity contribution in [3.8, 4) is 0 Å². The molecule has 0 aliphatic rings. The molecule has 2 heterocycles. The standard InChI is InChI=1S/C16H17ClN4OS/c1-8(2)14-19-20-16-21(14)10(4)13(23-16)15(22)18-12-6-5-11(17)7-9(12)3/h5-8H,1-4H3,(H,18,22). The van der Waals surface area contributed by atoms with Crippen LogP contribution in [-0.4, -0.2) is 20.5 Å². The van der Waals surface area contributed by atoms with Crippen LogP contribution in [0.2, 0.25) is 5.02 Å². The van der Waals surface area contributed by atoms with Crippen LogP contribution >= 0.6 is 22.9 Å². The predicted octanol–water partition coefficient (Wildman–Crippen LogP) is 4.44. The highest BCUT2D eigenvalue weighted by atomic mass is 35.5. The van der Waals surface area contributed by atoms with E-state index in [1.54, 1.807) is 6.07 Å². The predicted molar refractivity (Wildman–Crippen MR) is 93.8 cm³/mol. The van der Waals surface area contributed by atoms with Crippen LogP contribution in [0.1, 0.15) is 46.5 Å². The van der Waals surface area contributed by atoms with Gasteiger partial charge in [0.25, 0.3) is 5.91 Å². The number of hydrogen-bond donors (Lipinski definition) is 1. The van der Waals surface area contributed by atoms with E-state index in [2.05, 4.69) is 29.4 Å². The Labute approximate surface area is 143 Å². The molecule has 1 amide bonds. The Balaban J connectivity index is 1.96. The van der Waals surface area contributed by atoms with Crippen molar-refractivity contribution < 1.29 is 4.79 Å². The zero-order valence-corrected chi connectivity index (χ0v) is 14.9. The minimum Gasteiger partial charge on any atom is -0.321 e. The van der Waals surface area contributed by atoms with E-state index in [9.17, 15) is 4.79 Å². The average Bonchev–Trinajstić information content (AvgIpc) is 3.03. The van der Waals surface area contributed by atoms with Crippen LogP contribution in [-0.2, 0) is 0 Å². The molecule has 1 aromatic carbocycles. The van der Waals surface area contributed by atoms with Gasteiger partial charge >= 0.3 is 0 Å². The number of nitrogens with zero attached hydrogens (tertiary/aromatic N) is 3. The summed E-state index contributed by atoms with van der Waals surface area (Å²) in [6, 6.07) is 5.40. The van der Waals surface area contributed by atoms with Crippen molar-refractivity contribution in [2.24, 2.45) is 0 Å². The number of benzene rings is 1. The maximum absolute atomic E-state index is 12.6. The lowest BCUT2D eigenvalue weighted by Gasteiger charge is -2.08. The van der Waals surface area contributed by atoms with Crippen molar-refractivity contribution in [3.05, 3.63) is 45.2 Å². The molecule has 0 fully saturated rings. The monoisotopic (exact) mass is 348 g/mol. The van der Waals surface area contributed by atoms with Crippen LogP contribution < -0.4 is 5.32 Å². The van der Waals surface area contributed by atoms with E-state index in [1.165, 1.54) is 11.3 Å². The first-order chi connectivity index (χ1) is 10.9. The number of aromatic nitrogens is 3. The van der Waals surface area contributed by atoms with Gasteiger partial charge in [-0.3, -0.25) is 9.20 Å². The fraction of sp³-hybridized carbons (Fsp3) is 0.312. The minimum atomic E-state index is -0.141. The number of carbonyl (C=O) groups is 1. The normalized spacial score (nSPS) is 11.4. The van der Waals surface area contributed by atoms with Crippen molar-refractivity contribution in [3.63, 3.8) is 0 Å². The fourth-order valence-electron chi connectivity index (χ4n) is 2.46. The highest BCUT2D eigenvalue weighted by Gasteiger charge is 2.21. The second kappa shape index (κ2) is 5.94. The molecule has 5 nitrogen and oxygen atoms in total. The molecule has 0 radical (unpaired) electrons. The number of thiazole rings is 1. The summed E-state index contributed by atoms with van der Waals surface area (Å²) in [4.78, 5) is 14.0. The third kappa shape index (κ3) is 2.84. The number of carbonyl (C=O) groups excluding carboxylic acids is 1. The topological polar surface area (TPSA) is 59.3 Å². The van der Waals surface area contributed by atoms with E-state index in [1.807, 2.05) is 30.4 Å². The van der Waals surface area contributed by atoms with Crippen LogP contribution in [0.4, 0.5) is 5.69 Å². The summed E-state index contributed by atoms with van der Waals surface area (Å²) in [7, 11) is 0. The number of fused-ring (bicyclic) bond motifs is 1. The Hall–Kier alpha value is -1.92. The van der Waals surface area contributed by atoms with Gasteiger partial charge in [0.1, 0.15) is 10.7 Å². The number of halogens is 1. The van der Waals surface area contributed by atoms with Gasteiger partial charge in [0.2, 0.25) is 4.96 Å². The Bertz CT molecular complexity index is 897. The molecule has 2 aromatic heterocycles. The largest absolute Gasteiger partial charge is 0.321 e. The number of hydrogen-bond acceptors (Lipinski definition) is 4. The zero-order chi connectivity index (χ0) is 16.7. The van der Waals surface area contributed by atoms with Gasteiger partial charge in [-0.2, -0.15) is 0 Å².